The Kier molecular flexibility index (Phi) is 3.42. The maximum absolute atomic E-state index is 10.5. The van der Waals surface area contributed by atoms with Crippen molar-refractivity contribution in [2.45, 2.75) is 6.61 Å². The van der Waals surface area contributed by atoms with Crippen LogP contribution in [0.2, 0.25) is 0 Å². The average Bonchev–Trinajstić information content (AvgIpc) is 2.13. The van der Waals surface area contributed by atoms with Gasteiger partial charge in [0.05, 0.1) is 17.1 Å². The second-order valence-electron chi connectivity index (χ2n) is 2.83. The van der Waals surface area contributed by atoms with Gasteiger partial charge in [-0.05, 0) is 12.1 Å². The van der Waals surface area contributed by atoms with Gasteiger partial charge in [-0.15, -0.1) is 0 Å². The van der Waals surface area contributed by atoms with Gasteiger partial charge in [-0.2, -0.15) is 8.42 Å². The van der Waals surface area contributed by atoms with Crippen LogP contribution in [0.4, 0.5) is 5.69 Å². The fourth-order valence-electron chi connectivity index (χ4n) is 1.01. The summed E-state index contributed by atoms with van der Waals surface area (Å²) >= 11 is 0. The quantitative estimate of drug-likeness (QED) is 0.570. The summed E-state index contributed by atoms with van der Waals surface area (Å²) < 4.78 is 25.2. The predicted molar refractivity (Wildman–Crippen MR) is 52.7 cm³/mol. The molecule has 88 valence electrons. The first-order valence-electron chi connectivity index (χ1n) is 3.93. The number of hydrogen-bond donors (Lipinski definition) is 2. The average molecular weight is 248 g/mol. The Labute approximate surface area is 90.7 Å². The third-order valence-corrected chi connectivity index (χ3v) is 2.08. The van der Waals surface area contributed by atoms with Crippen molar-refractivity contribution < 1.29 is 22.6 Å². The summed E-state index contributed by atoms with van der Waals surface area (Å²) in [5.41, 5.74) is -0.444. The van der Waals surface area contributed by atoms with Gasteiger partial charge < -0.3 is 5.11 Å². The maximum Gasteiger partial charge on any atom is 0.333 e. The highest BCUT2D eigenvalue weighted by Crippen LogP contribution is 2.24. The topological polar surface area (TPSA) is 133 Å². The van der Waals surface area contributed by atoms with Crippen molar-refractivity contribution in [3.05, 3.63) is 33.9 Å². The van der Waals surface area contributed by atoms with Crippen molar-refractivity contribution in [3.8, 4) is 5.75 Å². The molecule has 0 heterocycles. The summed E-state index contributed by atoms with van der Waals surface area (Å²) in [5.74, 6) is -0.237. The van der Waals surface area contributed by atoms with Crippen molar-refractivity contribution in [2.24, 2.45) is 5.14 Å². The van der Waals surface area contributed by atoms with E-state index in [2.05, 4.69) is 9.32 Å². The van der Waals surface area contributed by atoms with Crippen molar-refractivity contribution >= 4 is 16.0 Å². The number of nitro benzene ring substituents is 1. The van der Waals surface area contributed by atoms with Crippen LogP contribution in [-0.2, 0) is 21.1 Å². The summed E-state index contributed by atoms with van der Waals surface area (Å²) in [6.07, 6.45) is 0. The Morgan fingerprint density at radius 2 is 2.12 bits per heavy atom. The second-order valence-corrected chi connectivity index (χ2v) is 4.05. The van der Waals surface area contributed by atoms with Crippen LogP contribution >= 0.6 is 0 Å². The Bertz CT molecular complexity index is 512. The molecule has 0 aliphatic carbocycles. The molecule has 0 atom stereocenters. The zero-order valence-electron chi connectivity index (χ0n) is 7.86. The van der Waals surface area contributed by atoms with Gasteiger partial charge in [0.1, 0.15) is 5.75 Å². The van der Waals surface area contributed by atoms with E-state index >= 15 is 0 Å². The first-order valence-corrected chi connectivity index (χ1v) is 5.40. The van der Waals surface area contributed by atoms with Crippen LogP contribution in [-0.4, -0.2) is 18.4 Å². The molecule has 8 nitrogen and oxygen atoms in total. The molecular formula is C7H8N2O6S. The lowest BCUT2D eigenvalue weighted by Crippen LogP contribution is -2.15. The molecule has 0 aliphatic heterocycles. The molecule has 0 spiro atoms. The van der Waals surface area contributed by atoms with Crippen molar-refractivity contribution in [3.63, 3.8) is 0 Å². The molecule has 3 N–H and O–H groups in total. The summed E-state index contributed by atoms with van der Waals surface area (Å²) in [6.45, 7) is -0.608. The summed E-state index contributed by atoms with van der Waals surface area (Å²) in [7, 11) is -4.18. The molecule has 0 saturated heterocycles. The van der Waals surface area contributed by atoms with Gasteiger partial charge in [0, 0.05) is 6.07 Å². The number of nitrogens with zero attached hydrogens (tertiary/aromatic N) is 1. The zero-order chi connectivity index (χ0) is 12.3. The molecule has 0 amide bonds. The number of phenols is 1. The number of nitro groups is 1. The molecular weight excluding hydrogens is 240 g/mol. The largest absolute Gasteiger partial charge is 0.508 e. The number of nitrogens with two attached hydrogens (primary N) is 1. The first kappa shape index (κ1) is 12.4. The number of hydrogen-bond acceptors (Lipinski definition) is 6. The Morgan fingerprint density at radius 1 is 1.50 bits per heavy atom. The van der Waals surface area contributed by atoms with E-state index in [-0.39, 0.29) is 17.0 Å². The summed E-state index contributed by atoms with van der Waals surface area (Å²) in [4.78, 5) is 9.82. The third-order valence-electron chi connectivity index (χ3n) is 1.64. The fourth-order valence-corrected chi connectivity index (χ4v) is 1.30. The number of benzene rings is 1. The van der Waals surface area contributed by atoms with E-state index in [0.29, 0.717) is 0 Å². The fraction of sp³-hybridized carbons (Fsp3) is 0.143. The standard InChI is InChI=1S/C7H8N2O6S/c8-16(13,14)15-4-5-3-6(10)1-2-7(5)9(11)12/h1-3,10H,4H2,(H2,8,13,14). The van der Waals surface area contributed by atoms with Crippen LogP contribution in [0.5, 0.6) is 5.75 Å². The van der Waals surface area contributed by atoms with Crippen LogP contribution in [0.25, 0.3) is 0 Å². The van der Waals surface area contributed by atoms with Crippen LogP contribution in [0.15, 0.2) is 18.2 Å². The minimum Gasteiger partial charge on any atom is -0.508 e. The van der Waals surface area contributed by atoms with Gasteiger partial charge in [-0.1, -0.05) is 0 Å². The normalized spacial score (nSPS) is 11.3. The minimum atomic E-state index is -4.18. The molecule has 9 heteroatoms. The van der Waals surface area contributed by atoms with Gasteiger partial charge in [-0.3, -0.25) is 14.3 Å². The minimum absolute atomic E-state index is 0.0842. The molecule has 1 aromatic rings. The van der Waals surface area contributed by atoms with Crippen LogP contribution in [0.1, 0.15) is 5.56 Å². The molecule has 0 aliphatic rings. The number of phenolic OH excluding ortho intramolecular Hbond substituents is 1. The molecule has 0 radical (unpaired) electrons. The lowest BCUT2D eigenvalue weighted by molar-refractivity contribution is -0.385. The lowest BCUT2D eigenvalue weighted by atomic mass is 10.2. The van der Waals surface area contributed by atoms with Gasteiger partial charge in [-0.25, -0.2) is 5.14 Å². The molecule has 1 aromatic carbocycles. The Balaban J connectivity index is 3.01. The van der Waals surface area contributed by atoms with E-state index in [1.807, 2.05) is 0 Å². The van der Waals surface area contributed by atoms with Crippen molar-refractivity contribution in [1.29, 1.82) is 0 Å². The van der Waals surface area contributed by atoms with Crippen LogP contribution in [0.3, 0.4) is 0 Å². The Hall–Kier alpha value is -1.71. The first-order chi connectivity index (χ1) is 7.29. The molecule has 1 rings (SSSR count). The molecule has 0 aromatic heterocycles. The van der Waals surface area contributed by atoms with Gasteiger partial charge in [0.15, 0.2) is 0 Å². The summed E-state index contributed by atoms with van der Waals surface area (Å²) in [5, 5.41) is 24.2. The molecule has 0 bridgehead atoms. The van der Waals surface area contributed by atoms with E-state index in [0.717, 1.165) is 18.2 Å². The van der Waals surface area contributed by atoms with Gasteiger partial charge in [0.25, 0.3) is 5.69 Å². The van der Waals surface area contributed by atoms with E-state index < -0.39 is 21.8 Å². The SMILES string of the molecule is NS(=O)(=O)OCc1cc(O)ccc1[N+](=O)[O-]. The number of rotatable bonds is 4. The van der Waals surface area contributed by atoms with Crippen molar-refractivity contribution in [1.82, 2.24) is 0 Å². The highest BCUT2D eigenvalue weighted by molar-refractivity contribution is 7.84. The zero-order valence-corrected chi connectivity index (χ0v) is 8.68. The van der Waals surface area contributed by atoms with E-state index in [1.165, 1.54) is 0 Å². The van der Waals surface area contributed by atoms with Gasteiger partial charge in [0.2, 0.25) is 0 Å². The van der Waals surface area contributed by atoms with E-state index in [1.54, 1.807) is 0 Å². The summed E-state index contributed by atoms with van der Waals surface area (Å²) in [6, 6.07) is 3.18. The number of aromatic hydroxyl groups is 1. The smallest absolute Gasteiger partial charge is 0.333 e. The second kappa shape index (κ2) is 4.43. The molecule has 0 unspecified atom stereocenters. The molecule has 0 fully saturated rings. The molecule has 0 saturated carbocycles. The lowest BCUT2D eigenvalue weighted by Gasteiger charge is -2.03. The highest BCUT2D eigenvalue weighted by Gasteiger charge is 2.16. The van der Waals surface area contributed by atoms with Crippen LogP contribution < -0.4 is 5.14 Å². The predicted octanol–water partition coefficient (Wildman–Crippen LogP) is 0.0205. The maximum atomic E-state index is 10.5. The third kappa shape index (κ3) is 3.46. The molecule has 16 heavy (non-hydrogen) atoms. The van der Waals surface area contributed by atoms with E-state index in [9.17, 15) is 18.5 Å². The monoisotopic (exact) mass is 248 g/mol. The Morgan fingerprint density at radius 3 is 2.62 bits per heavy atom. The van der Waals surface area contributed by atoms with E-state index in [4.69, 9.17) is 5.11 Å². The van der Waals surface area contributed by atoms with Crippen molar-refractivity contribution in [2.75, 3.05) is 0 Å². The van der Waals surface area contributed by atoms with Gasteiger partial charge >= 0.3 is 10.3 Å². The van der Waals surface area contributed by atoms with Crippen LogP contribution in [0, 0.1) is 10.1 Å². The highest BCUT2D eigenvalue weighted by atomic mass is 32.2.